The highest BCUT2D eigenvalue weighted by Crippen LogP contribution is 2.14. The molecule has 6 heteroatoms. The first-order valence-corrected chi connectivity index (χ1v) is 8.24. The molecule has 0 aromatic heterocycles. The minimum atomic E-state index is -0.0338. The van der Waals surface area contributed by atoms with Crippen LogP contribution in [0.2, 0.25) is 0 Å². The molecule has 1 aromatic rings. The van der Waals surface area contributed by atoms with E-state index in [1.54, 1.807) is 0 Å². The highest BCUT2D eigenvalue weighted by atomic mass is 79.9. The standard InChI is InChI=1S/C16H24BrN3O2/c1-11(2)16(22)19-9-8-18-12(3)10-15(21)20-14-6-4-13(17)5-7-14/h4-7,11-12,18H,8-10H2,1-3H3,(H,19,22)(H,20,21). The Morgan fingerprint density at radius 1 is 1.09 bits per heavy atom. The summed E-state index contributed by atoms with van der Waals surface area (Å²) in [6.45, 7) is 6.88. The number of halogens is 1. The van der Waals surface area contributed by atoms with Crippen LogP contribution in [-0.4, -0.2) is 30.9 Å². The Hall–Kier alpha value is -1.40. The zero-order valence-electron chi connectivity index (χ0n) is 13.3. The summed E-state index contributed by atoms with van der Waals surface area (Å²) in [5.74, 6) is 0.00471. The molecule has 0 aliphatic rings. The fourth-order valence-corrected chi connectivity index (χ4v) is 2.07. The lowest BCUT2D eigenvalue weighted by molar-refractivity contribution is -0.124. The fraction of sp³-hybridized carbons (Fsp3) is 0.500. The van der Waals surface area contributed by atoms with Crippen molar-refractivity contribution in [3.05, 3.63) is 28.7 Å². The predicted octanol–water partition coefficient (Wildman–Crippen LogP) is 2.53. The summed E-state index contributed by atoms with van der Waals surface area (Å²) in [5, 5.41) is 8.90. The topological polar surface area (TPSA) is 70.2 Å². The van der Waals surface area contributed by atoms with Gasteiger partial charge in [-0.3, -0.25) is 9.59 Å². The molecule has 1 unspecified atom stereocenters. The van der Waals surface area contributed by atoms with Crippen molar-refractivity contribution in [2.45, 2.75) is 33.2 Å². The van der Waals surface area contributed by atoms with Crippen LogP contribution >= 0.6 is 15.9 Å². The van der Waals surface area contributed by atoms with Crippen molar-refractivity contribution < 1.29 is 9.59 Å². The molecule has 3 N–H and O–H groups in total. The van der Waals surface area contributed by atoms with Gasteiger partial charge in [-0.1, -0.05) is 29.8 Å². The van der Waals surface area contributed by atoms with Crippen LogP contribution < -0.4 is 16.0 Å². The Morgan fingerprint density at radius 3 is 2.32 bits per heavy atom. The fourth-order valence-electron chi connectivity index (χ4n) is 1.80. The van der Waals surface area contributed by atoms with Gasteiger partial charge in [-0.25, -0.2) is 0 Å². The van der Waals surface area contributed by atoms with Crippen LogP contribution in [0.15, 0.2) is 28.7 Å². The molecule has 0 saturated heterocycles. The van der Waals surface area contributed by atoms with E-state index in [4.69, 9.17) is 0 Å². The van der Waals surface area contributed by atoms with Gasteiger partial charge in [0.15, 0.2) is 0 Å². The molecule has 0 spiro atoms. The van der Waals surface area contributed by atoms with Crippen LogP contribution in [0.4, 0.5) is 5.69 Å². The quantitative estimate of drug-likeness (QED) is 0.616. The molecule has 122 valence electrons. The van der Waals surface area contributed by atoms with Gasteiger partial charge in [-0.2, -0.15) is 0 Å². The van der Waals surface area contributed by atoms with E-state index in [-0.39, 0.29) is 23.8 Å². The van der Waals surface area contributed by atoms with Crippen LogP contribution in [0.1, 0.15) is 27.2 Å². The molecule has 0 radical (unpaired) electrons. The van der Waals surface area contributed by atoms with Crippen LogP contribution in [0.3, 0.4) is 0 Å². The van der Waals surface area contributed by atoms with Crippen molar-refractivity contribution >= 4 is 33.4 Å². The van der Waals surface area contributed by atoms with Gasteiger partial charge in [0, 0.05) is 41.6 Å². The van der Waals surface area contributed by atoms with Crippen molar-refractivity contribution in [2.75, 3.05) is 18.4 Å². The van der Waals surface area contributed by atoms with Crippen molar-refractivity contribution in [1.82, 2.24) is 10.6 Å². The third-order valence-electron chi connectivity index (χ3n) is 3.06. The van der Waals surface area contributed by atoms with Crippen LogP contribution in [0.5, 0.6) is 0 Å². The van der Waals surface area contributed by atoms with E-state index in [9.17, 15) is 9.59 Å². The number of benzene rings is 1. The zero-order valence-corrected chi connectivity index (χ0v) is 14.9. The van der Waals surface area contributed by atoms with E-state index < -0.39 is 0 Å². The number of anilines is 1. The molecule has 22 heavy (non-hydrogen) atoms. The Balaban J connectivity index is 2.21. The predicted molar refractivity (Wildman–Crippen MR) is 92.7 cm³/mol. The highest BCUT2D eigenvalue weighted by molar-refractivity contribution is 9.10. The average Bonchev–Trinajstić information content (AvgIpc) is 2.45. The molecular formula is C16H24BrN3O2. The van der Waals surface area contributed by atoms with Crippen LogP contribution in [0, 0.1) is 5.92 Å². The molecule has 1 atom stereocenters. The Bertz CT molecular complexity index is 489. The van der Waals surface area contributed by atoms with E-state index >= 15 is 0 Å². The molecule has 0 saturated carbocycles. The second-order valence-corrected chi connectivity index (χ2v) is 6.48. The third-order valence-corrected chi connectivity index (χ3v) is 3.59. The van der Waals surface area contributed by atoms with E-state index in [1.165, 1.54) is 0 Å². The maximum atomic E-state index is 11.9. The molecule has 0 fully saturated rings. The number of nitrogens with one attached hydrogen (secondary N) is 3. The maximum absolute atomic E-state index is 11.9. The number of amides is 2. The molecule has 0 bridgehead atoms. The van der Waals surface area contributed by atoms with Crippen molar-refractivity contribution in [3.8, 4) is 0 Å². The first-order valence-electron chi connectivity index (χ1n) is 7.45. The SMILES string of the molecule is CC(CC(=O)Nc1ccc(Br)cc1)NCCNC(=O)C(C)C. The third kappa shape index (κ3) is 7.56. The van der Waals surface area contributed by atoms with Crippen molar-refractivity contribution in [3.63, 3.8) is 0 Å². The number of hydrogen-bond acceptors (Lipinski definition) is 3. The molecule has 1 rings (SSSR count). The number of carbonyl (C=O) groups excluding carboxylic acids is 2. The first kappa shape index (κ1) is 18.6. The summed E-state index contributed by atoms with van der Waals surface area (Å²) < 4.78 is 0.976. The molecular weight excluding hydrogens is 346 g/mol. The van der Waals surface area contributed by atoms with E-state index in [1.807, 2.05) is 45.0 Å². The van der Waals surface area contributed by atoms with Gasteiger partial charge < -0.3 is 16.0 Å². The lowest BCUT2D eigenvalue weighted by Gasteiger charge is -2.14. The van der Waals surface area contributed by atoms with Crippen molar-refractivity contribution in [2.24, 2.45) is 5.92 Å². The van der Waals surface area contributed by atoms with Gasteiger partial charge in [0.05, 0.1) is 0 Å². The normalized spacial score (nSPS) is 12.0. The second-order valence-electron chi connectivity index (χ2n) is 5.56. The minimum Gasteiger partial charge on any atom is -0.355 e. The summed E-state index contributed by atoms with van der Waals surface area (Å²) in [6, 6.07) is 7.51. The number of hydrogen-bond donors (Lipinski definition) is 3. The van der Waals surface area contributed by atoms with Gasteiger partial charge in [0.1, 0.15) is 0 Å². The van der Waals surface area contributed by atoms with Gasteiger partial charge >= 0.3 is 0 Å². The summed E-state index contributed by atoms with van der Waals surface area (Å²) in [6.07, 6.45) is 0.383. The molecule has 0 aliphatic carbocycles. The Morgan fingerprint density at radius 2 is 1.73 bits per heavy atom. The van der Waals surface area contributed by atoms with Gasteiger partial charge in [-0.05, 0) is 31.2 Å². The largest absolute Gasteiger partial charge is 0.355 e. The van der Waals surface area contributed by atoms with Gasteiger partial charge in [0.25, 0.3) is 0 Å². The highest BCUT2D eigenvalue weighted by Gasteiger charge is 2.09. The monoisotopic (exact) mass is 369 g/mol. The second kappa shape index (κ2) is 9.58. The minimum absolute atomic E-state index is 0.00545. The number of carbonyl (C=O) groups is 2. The number of rotatable bonds is 8. The molecule has 0 heterocycles. The summed E-state index contributed by atoms with van der Waals surface area (Å²) in [5.41, 5.74) is 0.782. The van der Waals surface area contributed by atoms with E-state index in [0.29, 0.717) is 19.5 Å². The summed E-state index contributed by atoms with van der Waals surface area (Å²) in [7, 11) is 0. The van der Waals surface area contributed by atoms with Gasteiger partial charge in [0.2, 0.25) is 11.8 Å². The van der Waals surface area contributed by atoms with E-state index in [0.717, 1.165) is 10.2 Å². The van der Waals surface area contributed by atoms with Gasteiger partial charge in [-0.15, -0.1) is 0 Å². The molecule has 2 amide bonds. The Kier molecular flexibility index (Phi) is 8.12. The average molecular weight is 370 g/mol. The smallest absolute Gasteiger partial charge is 0.225 e. The maximum Gasteiger partial charge on any atom is 0.225 e. The Labute approximate surface area is 140 Å². The van der Waals surface area contributed by atoms with E-state index in [2.05, 4.69) is 31.9 Å². The summed E-state index contributed by atoms with van der Waals surface area (Å²) in [4.78, 5) is 23.3. The first-order chi connectivity index (χ1) is 10.4. The van der Waals surface area contributed by atoms with Crippen LogP contribution in [0.25, 0.3) is 0 Å². The molecule has 0 aliphatic heterocycles. The summed E-state index contributed by atoms with van der Waals surface area (Å²) >= 11 is 3.35. The zero-order chi connectivity index (χ0) is 16.5. The lowest BCUT2D eigenvalue weighted by Crippen LogP contribution is -2.38. The lowest BCUT2D eigenvalue weighted by atomic mass is 10.2. The molecule has 5 nitrogen and oxygen atoms in total. The molecule has 1 aromatic carbocycles. The van der Waals surface area contributed by atoms with Crippen LogP contribution in [-0.2, 0) is 9.59 Å². The van der Waals surface area contributed by atoms with Crippen molar-refractivity contribution in [1.29, 1.82) is 0 Å².